The van der Waals surface area contributed by atoms with Crippen molar-refractivity contribution >= 4 is 17.9 Å². The van der Waals surface area contributed by atoms with Crippen LogP contribution in [-0.2, 0) is 11.3 Å². The fourth-order valence-electron chi connectivity index (χ4n) is 1.25. The van der Waals surface area contributed by atoms with Crippen molar-refractivity contribution in [3.63, 3.8) is 0 Å². The summed E-state index contributed by atoms with van der Waals surface area (Å²) in [6.45, 7) is 0.852. The van der Waals surface area contributed by atoms with Gasteiger partial charge in [0.25, 0.3) is 0 Å². The van der Waals surface area contributed by atoms with E-state index in [0.717, 1.165) is 25.1 Å². The van der Waals surface area contributed by atoms with Gasteiger partial charge in [0.05, 0.1) is 0 Å². The van der Waals surface area contributed by atoms with Crippen molar-refractivity contribution in [3.05, 3.63) is 35.9 Å². The van der Waals surface area contributed by atoms with Crippen LogP contribution in [0.2, 0.25) is 0 Å². The zero-order valence-corrected chi connectivity index (χ0v) is 10.0. The molecule has 2 N–H and O–H groups in total. The van der Waals surface area contributed by atoms with Gasteiger partial charge >= 0.3 is 5.97 Å². The molecule has 0 saturated heterocycles. The summed E-state index contributed by atoms with van der Waals surface area (Å²) in [5.41, 5.74) is 1.26. The van der Waals surface area contributed by atoms with E-state index in [1.54, 1.807) is 11.9 Å². The second kappa shape index (κ2) is 8.19. The fourth-order valence-corrected chi connectivity index (χ4v) is 2.01. The van der Waals surface area contributed by atoms with Crippen LogP contribution in [0.3, 0.4) is 0 Å². The maximum atomic E-state index is 10.3. The molecule has 0 unspecified atom stereocenters. The number of carboxylic acid groups (broad SMARTS) is 1. The number of nitrogens with one attached hydrogen (secondary N) is 1. The van der Waals surface area contributed by atoms with Gasteiger partial charge in [-0.25, -0.2) is 0 Å². The normalized spacial score (nSPS) is 10.2. The molecule has 1 aromatic rings. The Labute approximate surface area is 100 Å². The van der Waals surface area contributed by atoms with Crippen molar-refractivity contribution in [2.75, 3.05) is 5.75 Å². The molecule has 0 spiro atoms. The minimum atomic E-state index is -0.706. The van der Waals surface area contributed by atoms with Crippen molar-refractivity contribution in [1.29, 1.82) is 0 Å². The monoisotopic (exact) mass is 239 g/mol. The molecule has 0 aliphatic rings. The van der Waals surface area contributed by atoms with E-state index in [1.165, 1.54) is 5.56 Å². The summed E-state index contributed by atoms with van der Waals surface area (Å²) in [4.78, 5) is 10.3. The van der Waals surface area contributed by atoms with Crippen LogP contribution in [0.5, 0.6) is 0 Å². The standard InChI is InChI=1S/C12H17NO2S/c14-12(15)8-4-5-9-16-13-10-11-6-2-1-3-7-11/h1-3,6-7,13H,4-5,8-10H2,(H,14,15). The third-order valence-electron chi connectivity index (χ3n) is 2.11. The van der Waals surface area contributed by atoms with Crippen molar-refractivity contribution in [3.8, 4) is 0 Å². The summed E-state index contributed by atoms with van der Waals surface area (Å²) >= 11 is 1.66. The summed E-state index contributed by atoms with van der Waals surface area (Å²) in [5.74, 6) is 0.252. The molecule has 0 heterocycles. The van der Waals surface area contributed by atoms with Crippen molar-refractivity contribution in [2.24, 2.45) is 0 Å². The van der Waals surface area contributed by atoms with Crippen LogP contribution >= 0.6 is 11.9 Å². The SMILES string of the molecule is O=C(O)CCCCSNCc1ccccc1. The van der Waals surface area contributed by atoms with Gasteiger partial charge in [-0.1, -0.05) is 42.3 Å². The summed E-state index contributed by atoms with van der Waals surface area (Å²) in [5, 5.41) is 8.44. The average Bonchev–Trinajstić information content (AvgIpc) is 2.29. The zero-order valence-electron chi connectivity index (χ0n) is 9.19. The quantitative estimate of drug-likeness (QED) is 0.541. The van der Waals surface area contributed by atoms with Crippen LogP contribution in [0.15, 0.2) is 30.3 Å². The van der Waals surface area contributed by atoms with Gasteiger partial charge in [-0.05, 0) is 18.4 Å². The molecule has 0 atom stereocenters. The average molecular weight is 239 g/mol. The smallest absolute Gasteiger partial charge is 0.303 e. The molecule has 1 rings (SSSR count). The Morgan fingerprint density at radius 1 is 1.25 bits per heavy atom. The van der Waals surface area contributed by atoms with E-state index in [2.05, 4.69) is 16.9 Å². The highest BCUT2D eigenvalue weighted by atomic mass is 32.2. The molecular formula is C12H17NO2S. The van der Waals surface area contributed by atoms with Crippen molar-refractivity contribution in [1.82, 2.24) is 4.72 Å². The first-order valence-corrected chi connectivity index (χ1v) is 6.38. The second-order valence-corrected chi connectivity index (χ2v) is 4.49. The van der Waals surface area contributed by atoms with Crippen LogP contribution in [0.1, 0.15) is 24.8 Å². The van der Waals surface area contributed by atoms with E-state index >= 15 is 0 Å². The maximum absolute atomic E-state index is 10.3. The molecule has 0 bridgehead atoms. The Morgan fingerprint density at radius 3 is 2.69 bits per heavy atom. The largest absolute Gasteiger partial charge is 0.481 e. The molecule has 0 radical (unpaired) electrons. The summed E-state index contributed by atoms with van der Waals surface area (Å²) < 4.78 is 3.26. The second-order valence-electron chi connectivity index (χ2n) is 3.51. The van der Waals surface area contributed by atoms with E-state index in [9.17, 15) is 4.79 Å². The van der Waals surface area contributed by atoms with Gasteiger partial charge in [0.2, 0.25) is 0 Å². The van der Waals surface area contributed by atoms with Gasteiger partial charge in [-0.3, -0.25) is 9.52 Å². The minimum Gasteiger partial charge on any atom is -0.481 e. The van der Waals surface area contributed by atoms with Crippen molar-refractivity contribution in [2.45, 2.75) is 25.8 Å². The number of aliphatic carboxylic acids is 1. The van der Waals surface area contributed by atoms with Gasteiger partial charge in [0.15, 0.2) is 0 Å². The number of rotatable bonds is 8. The van der Waals surface area contributed by atoms with E-state index in [-0.39, 0.29) is 6.42 Å². The van der Waals surface area contributed by atoms with Gasteiger partial charge in [0, 0.05) is 18.7 Å². The predicted molar refractivity (Wildman–Crippen MR) is 67.2 cm³/mol. The number of benzene rings is 1. The Morgan fingerprint density at radius 2 is 2.00 bits per heavy atom. The van der Waals surface area contributed by atoms with E-state index in [1.807, 2.05) is 18.2 Å². The minimum absolute atomic E-state index is 0.277. The first-order chi connectivity index (χ1) is 7.79. The Kier molecular flexibility index (Phi) is 6.69. The number of carboxylic acids is 1. The first kappa shape index (κ1) is 13.1. The molecule has 4 heteroatoms. The van der Waals surface area contributed by atoms with E-state index in [4.69, 9.17) is 5.11 Å². The molecule has 0 aromatic heterocycles. The van der Waals surface area contributed by atoms with E-state index < -0.39 is 5.97 Å². The summed E-state index contributed by atoms with van der Waals surface area (Å²) in [6.07, 6.45) is 1.98. The Hall–Kier alpha value is -1.00. The van der Waals surface area contributed by atoms with Gasteiger partial charge in [-0.15, -0.1) is 0 Å². The molecule has 16 heavy (non-hydrogen) atoms. The van der Waals surface area contributed by atoms with E-state index in [0.29, 0.717) is 0 Å². The first-order valence-electron chi connectivity index (χ1n) is 5.39. The lowest BCUT2D eigenvalue weighted by molar-refractivity contribution is -0.137. The van der Waals surface area contributed by atoms with Crippen molar-refractivity contribution < 1.29 is 9.90 Å². The van der Waals surface area contributed by atoms with Crippen LogP contribution in [0, 0.1) is 0 Å². The summed E-state index contributed by atoms with van der Waals surface area (Å²) in [6, 6.07) is 10.2. The van der Waals surface area contributed by atoms with Gasteiger partial charge < -0.3 is 5.11 Å². The van der Waals surface area contributed by atoms with Gasteiger partial charge in [-0.2, -0.15) is 0 Å². The highest BCUT2D eigenvalue weighted by Crippen LogP contribution is 2.05. The number of unbranched alkanes of at least 4 members (excludes halogenated alkanes) is 1. The van der Waals surface area contributed by atoms with Crippen LogP contribution in [0.4, 0.5) is 0 Å². The molecular weight excluding hydrogens is 222 g/mol. The lowest BCUT2D eigenvalue weighted by Gasteiger charge is -2.03. The fraction of sp³-hybridized carbons (Fsp3) is 0.417. The zero-order chi connectivity index (χ0) is 11.6. The molecule has 0 fully saturated rings. The number of hydrogen-bond donors (Lipinski definition) is 2. The van der Waals surface area contributed by atoms with Crippen LogP contribution in [-0.4, -0.2) is 16.8 Å². The Bertz CT molecular complexity index is 303. The molecule has 3 nitrogen and oxygen atoms in total. The third-order valence-corrected chi connectivity index (χ3v) is 2.95. The maximum Gasteiger partial charge on any atom is 0.303 e. The molecule has 0 amide bonds. The Balaban J connectivity index is 1.94. The molecule has 88 valence electrons. The highest BCUT2D eigenvalue weighted by Gasteiger charge is 1.96. The molecule has 1 aromatic carbocycles. The van der Waals surface area contributed by atoms with Crippen LogP contribution < -0.4 is 4.72 Å². The lowest BCUT2D eigenvalue weighted by atomic mass is 10.2. The predicted octanol–water partition coefficient (Wildman–Crippen LogP) is 2.68. The number of carbonyl (C=O) groups is 1. The highest BCUT2D eigenvalue weighted by molar-refractivity contribution is 7.97. The lowest BCUT2D eigenvalue weighted by Crippen LogP contribution is -2.04. The number of hydrogen-bond acceptors (Lipinski definition) is 3. The third kappa shape index (κ3) is 6.48. The van der Waals surface area contributed by atoms with Gasteiger partial charge in [0.1, 0.15) is 0 Å². The molecule has 0 aliphatic carbocycles. The molecule has 0 aliphatic heterocycles. The topological polar surface area (TPSA) is 49.3 Å². The summed E-state index contributed by atoms with van der Waals surface area (Å²) in [7, 11) is 0. The van der Waals surface area contributed by atoms with Crippen LogP contribution in [0.25, 0.3) is 0 Å². The molecule has 0 saturated carbocycles.